The third-order valence-corrected chi connectivity index (χ3v) is 7.98. The highest BCUT2D eigenvalue weighted by Gasteiger charge is 2.41. The van der Waals surface area contributed by atoms with Gasteiger partial charge in [0, 0.05) is 12.1 Å². The van der Waals surface area contributed by atoms with Gasteiger partial charge in [-0.1, -0.05) is 35.4 Å². The average molecular weight is 501 g/mol. The summed E-state index contributed by atoms with van der Waals surface area (Å²) in [7, 11) is -8.41. The monoisotopic (exact) mass is 500 g/mol. The number of fused-ring (bicyclic) bond motifs is 3. The van der Waals surface area contributed by atoms with Gasteiger partial charge in [0.2, 0.25) is 0 Å². The Kier molecular flexibility index (Phi) is 5.29. The van der Waals surface area contributed by atoms with Crippen LogP contribution in [-0.2, 0) is 25.0 Å². The fourth-order valence-corrected chi connectivity index (χ4v) is 5.57. The van der Waals surface area contributed by atoms with Crippen LogP contribution in [0, 0.1) is 13.8 Å². The van der Waals surface area contributed by atoms with Crippen molar-refractivity contribution < 1.29 is 34.7 Å². The molecule has 176 valence electrons. The predicted octanol–water partition coefficient (Wildman–Crippen LogP) is 4.18. The van der Waals surface area contributed by atoms with Crippen molar-refractivity contribution in [1.29, 1.82) is 0 Å². The van der Waals surface area contributed by atoms with E-state index >= 15 is 0 Å². The Bertz CT molecular complexity index is 1490. The van der Waals surface area contributed by atoms with Crippen LogP contribution in [0.25, 0.3) is 0 Å². The molecule has 0 saturated heterocycles. The van der Waals surface area contributed by atoms with Gasteiger partial charge >= 0.3 is 20.2 Å². The zero-order valence-electron chi connectivity index (χ0n) is 18.2. The summed E-state index contributed by atoms with van der Waals surface area (Å²) in [5, 5.41) is 0. The van der Waals surface area contributed by atoms with Crippen molar-refractivity contribution in [3.8, 4) is 17.2 Å². The Labute approximate surface area is 197 Å². The van der Waals surface area contributed by atoms with Gasteiger partial charge in [-0.2, -0.15) is 16.8 Å². The van der Waals surface area contributed by atoms with Crippen LogP contribution in [0.3, 0.4) is 0 Å². The molecule has 8 nitrogen and oxygen atoms in total. The second-order valence-corrected chi connectivity index (χ2v) is 11.1. The third kappa shape index (κ3) is 4.10. The van der Waals surface area contributed by atoms with Crippen LogP contribution in [0.5, 0.6) is 17.2 Å². The summed E-state index contributed by atoms with van der Waals surface area (Å²) in [6, 6.07) is 14.9. The molecule has 2 aliphatic heterocycles. The van der Waals surface area contributed by atoms with Gasteiger partial charge in [-0.05, 0) is 44.2 Å². The topological polar surface area (TPSA) is 105 Å². The highest BCUT2D eigenvalue weighted by molar-refractivity contribution is 7.87. The highest BCUT2D eigenvalue weighted by atomic mass is 32.2. The molecule has 34 heavy (non-hydrogen) atoms. The molecule has 2 heterocycles. The zero-order valence-corrected chi connectivity index (χ0v) is 19.8. The van der Waals surface area contributed by atoms with Crippen molar-refractivity contribution in [3.05, 3.63) is 89.7 Å². The number of hydrogen-bond donors (Lipinski definition) is 0. The molecular formula is C24H20O8S2. The standard InChI is InChI=1S/C24H20O8S2/c1-15-3-7-18(8-4-15)33(25,26)31-17-13-21-23(20-11-12-29-24(20)30-21)22(14-17)32-34(27,28)19-9-5-16(2)6-10-19/h3-14,20,24H,1-2H3/t20-,24+/m0/s1. The van der Waals surface area contributed by atoms with Gasteiger partial charge in [0.1, 0.15) is 21.3 Å². The minimum Gasteiger partial charge on any atom is -0.462 e. The molecule has 0 fully saturated rings. The predicted molar refractivity (Wildman–Crippen MR) is 122 cm³/mol. The van der Waals surface area contributed by atoms with Gasteiger partial charge < -0.3 is 17.8 Å². The number of benzene rings is 3. The Morgan fingerprint density at radius 3 is 1.91 bits per heavy atom. The van der Waals surface area contributed by atoms with E-state index < -0.39 is 32.4 Å². The van der Waals surface area contributed by atoms with E-state index in [2.05, 4.69) is 0 Å². The summed E-state index contributed by atoms with van der Waals surface area (Å²) >= 11 is 0. The molecule has 0 spiro atoms. The lowest BCUT2D eigenvalue weighted by molar-refractivity contribution is -0.00486. The summed E-state index contributed by atoms with van der Waals surface area (Å²) in [5.41, 5.74) is 2.21. The average Bonchev–Trinajstić information content (AvgIpc) is 3.34. The first-order chi connectivity index (χ1) is 16.1. The lowest BCUT2D eigenvalue weighted by Crippen LogP contribution is -2.15. The summed E-state index contributed by atoms with van der Waals surface area (Å²) in [6.45, 7) is 3.67. The van der Waals surface area contributed by atoms with Gasteiger partial charge in [0.25, 0.3) is 6.29 Å². The fourth-order valence-electron chi connectivity index (χ4n) is 3.71. The second kappa shape index (κ2) is 8.07. The highest BCUT2D eigenvalue weighted by Crippen LogP contribution is 2.50. The maximum Gasteiger partial charge on any atom is 0.339 e. The largest absolute Gasteiger partial charge is 0.462 e. The van der Waals surface area contributed by atoms with Crippen LogP contribution in [0.15, 0.2) is 82.8 Å². The summed E-state index contributed by atoms with van der Waals surface area (Å²) in [6.07, 6.45) is 2.47. The van der Waals surface area contributed by atoms with Crippen LogP contribution < -0.4 is 13.1 Å². The molecule has 3 aromatic carbocycles. The van der Waals surface area contributed by atoms with E-state index in [1.54, 1.807) is 30.3 Å². The molecular weight excluding hydrogens is 480 g/mol. The van der Waals surface area contributed by atoms with E-state index in [0.717, 1.165) is 11.1 Å². The number of aryl methyl sites for hydroxylation is 2. The van der Waals surface area contributed by atoms with E-state index in [-0.39, 0.29) is 27.0 Å². The molecule has 0 aliphatic carbocycles. The molecule has 10 heteroatoms. The first kappa shape index (κ1) is 22.3. The van der Waals surface area contributed by atoms with Gasteiger partial charge in [0.15, 0.2) is 5.75 Å². The minimum atomic E-state index is -4.22. The Hall–Kier alpha value is -3.50. The molecule has 0 N–H and O–H groups in total. The van der Waals surface area contributed by atoms with Crippen LogP contribution in [0.4, 0.5) is 0 Å². The summed E-state index contributed by atoms with van der Waals surface area (Å²) < 4.78 is 73.5. The number of ether oxygens (including phenoxy) is 2. The fraction of sp³-hybridized carbons (Fsp3) is 0.167. The summed E-state index contributed by atoms with van der Waals surface area (Å²) in [4.78, 5) is -0.0866. The molecule has 5 rings (SSSR count). The molecule has 0 amide bonds. The Balaban J connectivity index is 1.55. The first-order valence-electron chi connectivity index (χ1n) is 10.3. The van der Waals surface area contributed by atoms with Gasteiger partial charge in [0.05, 0.1) is 17.7 Å². The maximum atomic E-state index is 13.0. The van der Waals surface area contributed by atoms with Crippen molar-refractivity contribution in [2.75, 3.05) is 0 Å². The molecule has 0 saturated carbocycles. The minimum absolute atomic E-state index is 0.0425. The first-order valence-corrected chi connectivity index (χ1v) is 13.1. The molecule has 2 atom stereocenters. The summed E-state index contributed by atoms with van der Waals surface area (Å²) in [5.74, 6) is -0.460. The molecule has 3 aromatic rings. The zero-order chi connectivity index (χ0) is 24.1. The molecule has 0 unspecified atom stereocenters. The third-order valence-electron chi connectivity index (χ3n) is 5.47. The second-order valence-electron chi connectivity index (χ2n) is 8.01. The van der Waals surface area contributed by atoms with E-state index in [9.17, 15) is 16.8 Å². The molecule has 0 radical (unpaired) electrons. The maximum absolute atomic E-state index is 13.0. The van der Waals surface area contributed by atoms with Crippen LogP contribution in [0.2, 0.25) is 0 Å². The van der Waals surface area contributed by atoms with E-state index in [4.69, 9.17) is 17.8 Å². The lowest BCUT2D eigenvalue weighted by atomic mass is 10.00. The van der Waals surface area contributed by atoms with Crippen molar-refractivity contribution in [2.24, 2.45) is 0 Å². The van der Waals surface area contributed by atoms with Crippen LogP contribution in [0.1, 0.15) is 22.6 Å². The lowest BCUT2D eigenvalue weighted by Gasteiger charge is -2.14. The smallest absolute Gasteiger partial charge is 0.339 e. The van der Waals surface area contributed by atoms with E-state index in [1.165, 1.54) is 42.7 Å². The Morgan fingerprint density at radius 2 is 1.32 bits per heavy atom. The van der Waals surface area contributed by atoms with Gasteiger partial charge in [-0.3, -0.25) is 0 Å². The van der Waals surface area contributed by atoms with Crippen molar-refractivity contribution >= 4 is 20.2 Å². The molecule has 0 bridgehead atoms. The van der Waals surface area contributed by atoms with Gasteiger partial charge in [-0.15, -0.1) is 0 Å². The van der Waals surface area contributed by atoms with Crippen LogP contribution in [-0.4, -0.2) is 23.1 Å². The molecule has 2 aliphatic rings. The van der Waals surface area contributed by atoms with Crippen molar-refractivity contribution in [2.45, 2.75) is 35.8 Å². The quantitative estimate of drug-likeness (QED) is 0.464. The van der Waals surface area contributed by atoms with Crippen molar-refractivity contribution in [3.63, 3.8) is 0 Å². The van der Waals surface area contributed by atoms with Crippen molar-refractivity contribution in [1.82, 2.24) is 0 Å². The number of rotatable bonds is 6. The van der Waals surface area contributed by atoms with Gasteiger partial charge in [-0.25, -0.2) is 0 Å². The normalized spacial score (nSPS) is 18.5. The molecule has 0 aromatic heterocycles. The van der Waals surface area contributed by atoms with Crippen LogP contribution >= 0.6 is 0 Å². The SMILES string of the molecule is Cc1ccc(S(=O)(=O)Oc2cc3c(c(OS(=O)(=O)c4ccc(C)cc4)c2)[C@@H]2C=CO[C@@H]2O3)cc1. The van der Waals surface area contributed by atoms with E-state index in [1.807, 2.05) is 13.8 Å². The van der Waals surface area contributed by atoms with E-state index in [0.29, 0.717) is 5.56 Å². The Morgan fingerprint density at radius 1 is 0.765 bits per heavy atom. The number of hydrogen-bond acceptors (Lipinski definition) is 8.